The molecule has 10 nitrogen and oxygen atoms in total. The number of fused-ring (bicyclic) bond motifs is 1. The van der Waals surface area contributed by atoms with Crippen LogP contribution in [0.4, 0.5) is 5.82 Å². The lowest BCUT2D eigenvalue weighted by Crippen LogP contribution is -2.33. The molecule has 0 aliphatic carbocycles. The Morgan fingerprint density at radius 3 is 2.46 bits per heavy atom. The maximum atomic E-state index is 12.5. The molecule has 2 fully saturated rings. The van der Waals surface area contributed by atoms with Crippen LogP contribution in [-0.4, -0.2) is 72.1 Å². The lowest BCUT2D eigenvalue weighted by atomic mass is 10.0. The van der Waals surface area contributed by atoms with Gasteiger partial charge in [0, 0.05) is 49.8 Å². The van der Waals surface area contributed by atoms with Gasteiger partial charge < -0.3 is 9.80 Å². The molecular formula is C18H21N9O. The van der Waals surface area contributed by atoms with Crippen molar-refractivity contribution in [3.8, 4) is 5.82 Å². The van der Waals surface area contributed by atoms with Crippen LogP contribution in [0, 0.1) is 25.7 Å². The summed E-state index contributed by atoms with van der Waals surface area (Å²) >= 11 is 0. The third-order valence-electron chi connectivity index (χ3n) is 5.60. The van der Waals surface area contributed by atoms with E-state index in [1.807, 2.05) is 35.6 Å². The van der Waals surface area contributed by atoms with E-state index in [9.17, 15) is 4.79 Å². The molecular weight excluding hydrogens is 358 g/mol. The van der Waals surface area contributed by atoms with Gasteiger partial charge in [-0.25, -0.2) is 14.6 Å². The van der Waals surface area contributed by atoms with Crippen molar-refractivity contribution in [1.82, 2.24) is 40.1 Å². The lowest BCUT2D eigenvalue weighted by Gasteiger charge is -2.22. The second kappa shape index (κ2) is 6.39. The van der Waals surface area contributed by atoms with Gasteiger partial charge in [0.05, 0.1) is 11.9 Å². The molecule has 2 unspecified atom stereocenters. The van der Waals surface area contributed by atoms with Crippen LogP contribution >= 0.6 is 0 Å². The topological polar surface area (TPSA) is 109 Å². The molecule has 144 valence electrons. The normalized spacial score (nSPS) is 21.4. The number of rotatable bonds is 3. The van der Waals surface area contributed by atoms with E-state index >= 15 is 0 Å². The van der Waals surface area contributed by atoms with Gasteiger partial charge >= 0.3 is 0 Å². The summed E-state index contributed by atoms with van der Waals surface area (Å²) in [6.45, 7) is 7.22. The average Bonchev–Trinajstić information content (AvgIpc) is 3.45. The molecule has 2 aliphatic heterocycles. The minimum absolute atomic E-state index is 0.0523. The number of nitrogens with one attached hydrogen (secondary N) is 1. The van der Waals surface area contributed by atoms with E-state index in [2.05, 4.69) is 35.4 Å². The number of nitrogens with zero attached hydrogens (tertiary/aromatic N) is 8. The Morgan fingerprint density at radius 1 is 1.07 bits per heavy atom. The first-order valence-electron chi connectivity index (χ1n) is 9.34. The third kappa shape index (κ3) is 2.81. The Hall–Kier alpha value is -3.30. The van der Waals surface area contributed by atoms with Crippen molar-refractivity contribution in [1.29, 1.82) is 0 Å². The quantitative estimate of drug-likeness (QED) is 0.710. The van der Waals surface area contributed by atoms with Crippen molar-refractivity contribution in [2.75, 3.05) is 31.1 Å². The fraction of sp³-hybridized carbons (Fsp3) is 0.444. The molecule has 0 aromatic carbocycles. The highest BCUT2D eigenvalue weighted by Gasteiger charge is 2.42. The number of hydrogen-bond donors (Lipinski definition) is 1. The van der Waals surface area contributed by atoms with Crippen molar-refractivity contribution in [2.45, 2.75) is 13.8 Å². The van der Waals surface area contributed by atoms with Gasteiger partial charge in [-0.2, -0.15) is 20.5 Å². The Labute approximate surface area is 161 Å². The highest BCUT2D eigenvalue weighted by molar-refractivity contribution is 5.92. The van der Waals surface area contributed by atoms with Crippen LogP contribution in [0.5, 0.6) is 0 Å². The number of anilines is 1. The van der Waals surface area contributed by atoms with Gasteiger partial charge in [-0.3, -0.25) is 4.79 Å². The van der Waals surface area contributed by atoms with Crippen molar-refractivity contribution in [3.63, 3.8) is 0 Å². The number of aromatic amines is 1. The van der Waals surface area contributed by atoms with Gasteiger partial charge in [0.2, 0.25) is 0 Å². The first-order chi connectivity index (χ1) is 13.6. The highest BCUT2D eigenvalue weighted by atomic mass is 16.2. The first kappa shape index (κ1) is 16.8. The molecule has 2 aliphatic rings. The molecule has 5 rings (SSSR count). The molecule has 1 amide bonds. The van der Waals surface area contributed by atoms with E-state index in [-0.39, 0.29) is 5.91 Å². The maximum absolute atomic E-state index is 12.5. The Balaban J connectivity index is 1.30. The van der Waals surface area contributed by atoms with E-state index in [1.165, 1.54) is 6.20 Å². The molecule has 2 atom stereocenters. The van der Waals surface area contributed by atoms with Gasteiger partial charge in [-0.1, -0.05) is 0 Å². The fourth-order valence-corrected chi connectivity index (χ4v) is 4.30. The van der Waals surface area contributed by atoms with E-state index in [0.29, 0.717) is 17.5 Å². The summed E-state index contributed by atoms with van der Waals surface area (Å²) in [6.07, 6.45) is 3.07. The van der Waals surface area contributed by atoms with Gasteiger partial charge in [0.1, 0.15) is 12.1 Å². The molecule has 3 aromatic heterocycles. The zero-order chi connectivity index (χ0) is 19.3. The second-order valence-corrected chi connectivity index (χ2v) is 7.56. The minimum Gasteiger partial charge on any atom is -0.356 e. The molecule has 1 N–H and O–H groups in total. The van der Waals surface area contributed by atoms with Gasteiger partial charge in [-0.05, 0) is 19.9 Å². The van der Waals surface area contributed by atoms with E-state index in [0.717, 1.165) is 49.2 Å². The van der Waals surface area contributed by atoms with Gasteiger partial charge in [0.25, 0.3) is 5.91 Å². The Kier molecular flexibility index (Phi) is 3.85. The van der Waals surface area contributed by atoms with Crippen molar-refractivity contribution >= 4 is 11.7 Å². The summed E-state index contributed by atoms with van der Waals surface area (Å²) in [4.78, 5) is 25.5. The molecule has 0 bridgehead atoms. The number of hydrogen-bond acceptors (Lipinski definition) is 7. The van der Waals surface area contributed by atoms with Crippen LogP contribution < -0.4 is 4.90 Å². The number of carbonyl (C=O) groups is 1. The number of H-pyrrole nitrogens is 1. The summed E-state index contributed by atoms with van der Waals surface area (Å²) in [5.74, 6) is 2.49. The number of amides is 1. The summed E-state index contributed by atoms with van der Waals surface area (Å²) in [7, 11) is 0. The molecule has 0 spiro atoms. The van der Waals surface area contributed by atoms with E-state index in [4.69, 9.17) is 0 Å². The van der Waals surface area contributed by atoms with Crippen LogP contribution in [-0.2, 0) is 0 Å². The third-order valence-corrected chi connectivity index (χ3v) is 5.60. The molecule has 3 aromatic rings. The predicted molar refractivity (Wildman–Crippen MR) is 100 cm³/mol. The Bertz CT molecular complexity index is 998. The molecule has 5 heterocycles. The predicted octanol–water partition coefficient (Wildman–Crippen LogP) is 0.606. The molecule has 2 saturated heterocycles. The smallest absolute Gasteiger partial charge is 0.276 e. The van der Waals surface area contributed by atoms with Crippen LogP contribution in [0.25, 0.3) is 5.82 Å². The lowest BCUT2D eigenvalue weighted by molar-refractivity contribution is 0.0776. The number of aryl methyl sites for hydroxylation is 2. The molecule has 28 heavy (non-hydrogen) atoms. The monoisotopic (exact) mass is 379 g/mol. The summed E-state index contributed by atoms with van der Waals surface area (Å²) in [6, 6.07) is 4.02. The van der Waals surface area contributed by atoms with E-state index < -0.39 is 0 Å². The largest absolute Gasteiger partial charge is 0.356 e. The number of carbonyl (C=O) groups excluding carboxylic acids is 1. The van der Waals surface area contributed by atoms with Crippen LogP contribution in [0.1, 0.15) is 21.9 Å². The summed E-state index contributed by atoms with van der Waals surface area (Å²) in [5, 5.41) is 14.6. The summed E-state index contributed by atoms with van der Waals surface area (Å²) in [5.41, 5.74) is 2.38. The average molecular weight is 379 g/mol. The number of likely N-dealkylation sites (tertiary alicyclic amines) is 1. The molecule has 10 heteroatoms. The van der Waals surface area contributed by atoms with Crippen LogP contribution in [0.3, 0.4) is 0 Å². The zero-order valence-electron chi connectivity index (χ0n) is 15.8. The summed E-state index contributed by atoms with van der Waals surface area (Å²) < 4.78 is 1.84. The van der Waals surface area contributed by atoms with Crippen LogP contribution in [0.2, 0.25) is 0 Å². The van der Waals surface area contributed by atoms with E-state index in [1.54, 1.807) is 6.33 Å². The zero-order valence-corrected chi connectivity index (χ0v) is 15.8. The van der Waals surface area contributed by atoms with Crippen molar-refractivity contribution in [3.05, 3.63) is 41.7 Å². The fourth-order valence-electron chi connectivity index (χ4n) is 4.30. The standard InChI is InChI=1S/C18H21N9O/c1-11-3-12(2)27(23-11)17-4-16(19-10-20-17)25-6-13-8-26(9-14(13)7-25)18(28)15-5-21-24-22-15/h3-5,10,13-14H,6-9H2,1-2H3,(H,21,22,24). The highest BCUT2D eigenvalue weighted by Crippen LogP contribution is 2.34. The second-order valence-electron chi connectivity index (χ2n) is 7.56. The van der Waals surface area contributed by atoms with Crippen LogP contribution in [0.15, 0.2) is 24.7 Å². The Morgan fingerprint density at radius 2 is 1.82 bits per heavy atom. The molecule has 0 saturated carbocycles. The maximum Gasteiger partial charge on any atom is 0.276 e. The number of aromatic nitrogens is 7. The van der Waals surface area contributed by atoms with Crippen molar-refractivity contribution < 1.29 is 4.79 Å². The van der Waals surface area contributed by atoms with Crippen molar-refractivity contribution in [2.24, 2.45) is 11.8 Å². The first-order valence-corrected chi connectivity index (χ1v) is 9.34. The minimum atomic E-state index is -0.0523. The SMILES string of the molecule is Cc1cc(C)n(-c2cc(N3CC4CN(C(=O)c5cn[nH]n5)CC4C3)ncn2)n1. The van der Waals surface area contributed by atoms with Gasteiger partial charge in [0.15, 0.2) is 11.5 Å². The van der Waals surface area contributed by atoms with Gasteiger partial charge in [-0.15, -0.1) is 0 Å². The molecule has 0 radical (unpaired) electrons.